The number of carbonyl (C=O) groups excluding carboxylic acids is 2. The van der Waals surface area contributed by atoms with Gasteiger partial charge in [0.1, 0.15) is 6.61 Å². The molecular formula is C20H23NO3. The number of hydrogen-bond donors (Lipinski definition) is 0. The van der Waals surface area contributed by atoms with Crippen LogP contribution in [0.2, 0.25) is 0 Å². The van der Waals surface area contributed by atoms with E-state index in [1.165, 1.54) is 10.5 Å². The second kappa shape index (κ2) is 8.87. The zero-order valence-corrected chi connectivity index (χ0v) is 14.2. The second-order valence-corrected chi connectivity index (χ2v) is 5.61. The molecule has 1 heterocycles. The summed E-state index contributed by atoms with van der Waals surface area (Å²) in [5.74, 6) is -0.187. The number of benzene rings is 2. The Kier molecular flexibility index (Phi) is 6.55. The highest BCUT2D eigenvalue weighted by atomic mass is 16.6. The van der Waals surface area contributed by atoms with Crippen molar-refractivity contribution in [3.63, 3.8) is 0 Å². The van der Waals surface area contributed by atoms with Gasteiger partial charge in [0, 0.05) is 0 Å². The van der Waals surface area contributed by atoms with E-state index >= 15 is 0 Å². The van der Waals surface area contributed by atoms with E-state index in [1.54, 1.807) is 0 Å². The van der Waals surface area contributed by atoms with Gasteiger partial charge in [0.2, 0.25) is 5.91 Å². The molecule has 1 saturated heterocycles. The van der Waals surface area contributed by atoms with Crippen LogP contribution in [0.25, 0.3) is 0 Å². The van der Waals surface area contributed by atoms with E-state index in [1.807, 2.05) is 49.4 Å². The van der Waals surface area contributed by atoms with E-state index in [-0.39, 0.29) is 12.3 Å². The Balaban J connectivity index is 0.000000249. The molecule has 1 aliphatic heterocycles. The van der Waals surface area contributed by atoms with E-state index in [2.05, 4.69) is 19.1 Å². The minimum atomic E-state index is -0.524. The summed E-state index contributed by atoms with van der Waals surface area (Å²) in [4.78, 5) is 24.3. The van der Waals surface area contributed by atoms with Gasteiger partial charge < -0.3 is 4.74 Å². The van der Waals surface area contributed by atoms with Crippen molar-refractivity contribution < 1.29 is 14.3 Å². The summed E-state index contributed by atoms with van der Waals surface area (Å²) in [5.41, 5.74) is 3.45. The summed E-state index contributed by atoms with van der Waals surface area (Å²) in [6.45, 7) is 4.80. The van der Waals surface area contributed by atoms with E-state index in [0.717, 1.165) is 17.5 Å². The molecule has 0 aromatic heterocycles. The van der Waals surface area contributed by atoms with Crippen molar-refractivity contribution in [1.29, 1.82) is 0 Å². The lowest BCUT2D eigenvalue weighted by Crippen LogP contribution is -2.33. The van der Waals surface area contributed by atoms with Gasteiger partial charge in [0.05, 0.1) is 13.0 Å². The van der Waals surface area contributed by atoms with Crippen LogP contribution < -0.4 is 0 Å². The smallest absolute Gasteiger partial charge is 0.416 e. The van der Waals surface area contributed by atoms with Gasteiger partial charge in [-0.2, -0.15) is 0 Å². The standard InChI is InChI=1S/C13H15NO3.C7H8/c1-2-10-5-3-4-6-11(10)9-12(15)14-7-8-17-13(14)16;1-7-5-3-2-4-6-7/h3-6H,2,7-9H2,1H3;2-6H,1H3. The number of amides is 2. The molecule has 0 radical (unpaired) electrons. The number of aryl methyl sites for hydroxylation is 2. The number of imide groups is 1. The summed E-state index contributed by atoms with van der Waals surface area (Å²) in [5, 5.41) is 0. The van der Waals surface area contributed by atoms with Crippen molar-refractivity contribution in [1.82, 2.24) is 4.90 Å². The van der Waals surface area contributed by atoms with Gasteiger partial charge in [-0.1, -0.05) is 67.1 Å². The Bertz CT molecular complexity index is 682. The van der Waals surface area contributed by atoms with E-state index < -0.39 is 6.09 Å². The highest BCUT2D eigenvalue weighted by molar-refractivity contribution is 5.94. The third kappa shape index (κ3) is 4.95. The Labute approximate surface area is 143 Å². The second-order valence-electron chi connectivity index (χ2n) is 5.61. The third-order valence-corrected chi connectivity index (χ3v) is 3.84. The molecule has 4 heteroatoms. The fraction of sp³-hybridized carbons (Fsp3) is 0.300. The molecule has 1 aliphatic rings. The number of rotatable bonds is 3. The first-order valence-corrected chi connectivity index (χ1v) is 8.17. The molecule has 1 fully saturated rings. The normalized spacial score (nSPS) is 13.1. The predicted octanol–water partition coefficient (Wildman–Crippen LogP) is 3.77. The summed E-state index contributed by atoms with van der Waals surface area (Å²) in [6.07, 6.45) is 0.622. The summed E-state index contributed by atoms with van der Waals surface area (Å²) in [7, 11) is 0. The van der Waals surface area contributed by atoms with Crippen LogP contribution in [0.15, 0.2) is 54.6 Å². The molecule has 0 spiro atoms. The largest absolute Gasteiger partial charge is 0.447 e. The van der Waals surface area contributed by atoms with Crippen molar-refractivity contribution in [3.05, 3.63) is 71.3 Å². The fourth-order valence-corrected chi connectivity index (χ4v) is 2.49. The van der Waals surface area contributed by atoms with Crippen molar-refractivity contribution in [3.8, 4) is 0 Å². The van der Waals surface area contributed by atoms with Crippen molar-refractivity contribution in [2.75, 3.05) is 13.2 Å². The average Bonchev–Trinajstić information content (AvgIpc) is 3.03. The van der Waals surface area contributed by atoms with Gasteiger partial charge in [0.15, 0.2) is 0 Å². The minimum Gasteiger partial charge on any atom is -0.447 e. The third-order valence-electron chi connectivity index (χ3n) is 3.84. The molecule has 0 atom stereocenters. The van der Waals surface area contributed by atoms with Crippen LogP contribution in [-0.4, -0.2) is 30.1 Å². The van der Waals surface area contributed by atoms with Crippen LogP contribution >= 0.6 is 0 Å². The molecule has 0 bridgehead atoms. The summed E-state index contributed by atoms with van der Waals surface area (Å²) in [6, 6.07) is 18.1. The van der Waals surface area contributed by atoms with E-state index in [9.17, 15) is 9.59 Å². The van der Waals surface area contributed by atoms with Crippen molar-refractivity contribution in [2.24, 2.45) is 0 Å². The van der Waals surface area contributed by atoms with Gasteiger partial charge in [-0.25, -0.2) is 9.69 Å². The Morgan fingerprint density at radius 2 is 1.67 bits per heavy atom. The summed E-state index contributed by atoms with van der Waals surface area (Å²) >= 11 is 0. The SMILES string of the molecule is CCc1ccccc1CC(=O)N1CCOC1=O.Cc1ccccc1. The lowest BCUT2D eigenvalue weighted by Gasteiger charge is -2.12. The quantitative estimate of drug-likeness (QED) is 0.863. The Hall–Kier alpha value is -2.62. The van der Waals surface area contributed by atoms with Crippen LogP contribution in [-0.2, 0) is 22.4 Å². The average molecular weight is 325 g/mol. The predicted molar refractivity (Wildman–Crippen MR) is 93.8 cm³/mol. The van der Waals surface area contributed by atoms with Crippen LogP contribution in [0.1, 0.15) is 23.6 Å². The Morgan fingerprint density at radius 1 is 1.04 bits per heavy atom. The van der Waals surface area contributed by atoms with Gasteiger partial charge >= 0.3 is 6.09 Å². The van der Waals surface area contributed by atoms with Crippen LogP contribution in [0.4, 0.5) is 4.79 Å². The van der Waals surface area contributed by atoms with Crippen LogP contribution in [0, 0.1) is 6.92 Å². The maximum Gasteiger partial charge on any atom is 0.416 e. The topological polar surface area (TPSA) is 46.6 Å². The zero-order valence-electron chi connectivity index (χ0n) is 14.2. The highest BCUT2D eigenvalue weighted by Gasteiger charge is 2.28. The molecule has 2 aromatic carbocycles. The summed E-state index contributed by atoms with van der Waals surface area (Å²) < 4.78 is 4.75. The number of carbonyl (C=O) groups is 2. The van der Waals surface area contributed by atoms with Gasteiger partial charge in [-0.3, -0.25) is 4.79 Å². The first-order valence-electron chi connectivity index (χ1n) is 8.17. The molecule has 2 aromatic rings. The van der Waals surface area contributed by atoms with Gasteiger partial charge in [-0.15, -0.1) is 0 Å². The lowest BCUT2D eigenvalue weighted by molar-refractivity contribution is -0.127. The zero-order chi connectivity index (χ0) is 17.4. The number of hydrogen-bond acceptors (Lipinski definition) is 3. The Morgan fingerprint density at radius 3 is 2.17 bits per heavy atom. The number of nitrogens with zero attached hydrogens (tertiary/aromatic N) is 1. The van der Waals surface area contributed by atoms with Crippen molar-refractivity contribution >= 4 is 12.0 Å². The molecule has 4 nitrogen and oxygen atoms in total. The van der Waals surface area contributed by atoms with Crippen LogP contribution in [0.3, 0.4) is 0 Å². The monoisotopic (exact) mass is 325 g/mol. The first kappa shape index (κ1) is 17.7. The van der Waals surface area contributed by atoms with Crippen molar-refractivity contribution in [2.45, 2.75) is 26.7 Å². The fourth-order valence-electron chi connectivity index (χ4n) is 2.49. The molecule has 0 unspecified atom stereocenters. The minimum absolute atomic E-state index is 0.187. The molecule has 0 aliphatic carbocycles. The van der Waals surface area contributed by atoms with E-state index in [0.29, 0.717) is 13.2 Å². The number of cyclic esters (lactones) is 1. The molecule has 0 saturated carbocycles. The maximum atomic E-state index is 11.9. The van der Waals surface area contributed by atoms with Crippen LogP contribution in [0.5, 0.6) is 0 Å². The molecule has 126 valence electrons. The maximum absolute atomic E-state index is 11.9. The highest BCUT2D eigenvalue weighted by Crippen LogP contribution is 2.13. The van der Waals surface area contributed by atoms with Gasteiger partial charge in [-0.05, 0) is 24.5 Å². The molecular weight excluding hydrogens is 302 g/mol. The molecule has 24 heavy (non-hydrogen) atoms. The van der Waals surface area contributed by atoms with E-state index in [4.69, 9.17) is 4.74 Å². The molecule has 0 N–H and O–H groups in total. The lowest BCUT2D eigenvalue weighted by atomic mass is 10.0. The molecule has 3 rings (SSSR count). The molecule has 2 amide bonds. The van der Waals surface area contributed by atoms with Gasteiger partial charge in [0.25, 0.3) is 0 Å². The number of ether oxygens (including phenoxy) is 1. The first-order chi connectivity index (χ1) is 11.6.